The number of benzene rings is 1. The molecule has 0 saturated heterocycles. The van der Waals surface area contributed by atoms with E-state index >= 15 is 0 Å². The number of hydrogen-bond donors (Lipinski definition) is 1. The highest BCUT2D eigenvalue weighted by Crippen LogP contribution is 1.98. The predicted molar refractivity (Wildman–Crippen MR) is 61.6 cm³/mol. The summed E-state index contributed by atoms with van der Waals surface area (Å²) in [4.78, 5) is 0. The third-order valence-corrected chi connectivity index (χ3v) is 2.36. The molecule has 2 rings (SSSR count). The normalized spacial score (nSPS) is 10.1. The van der Waals surface area contributed by atoms with Gasteiger partial charge in [-0.15, -0.1) is 0 Å². The van der Waals surface area contributed by atoms with E-state index in [1.165, 1.54) is 11.8 Å². The Balaban J connectivity index is 0.00000144. The van der Waals surface area contributed by atoms with Crippen LogP contribution < -0.4 is 17.0 Å². The van der Waals surface area contributed by atoms with Crippen molar-refractivity contribution in [3.05, 3.63) is 66.0 Å². The zero-order valence-electron chi connectivity index (χ0n) is 9.20. The van der Waals surface area contributed by atoms with Gasteiger partial charge < -0.3 is 17.6 Å². The van der Waals surface area contributed by atoms with Gasteiger partial charge >= 0.3 is 0 Å². The minimum atomic E-state index is 0. The van der Waals surface area contributed by atoms with E-state index in [0.717, 1.165) is 12.2 Å². The molecule has 0 aliphatic heterocycles. The first-order valence-electron chi connectivity index (χ1n) is 5.10. The molecule has 0 aliphatic carbocycles. The second-order valence-corrected chi connectivity index (χ2v) is 3.48. The minimum Gasteiger partial charge on any atom is -1.00 e. The van der Waals surface area contributed by atoms with Crippen molar-refractivity contribution >= 4 is 6.21 Å². The monoisotopic (exact) mass is 248 g/mol. The maximum atomic E-state index is 8.57. The Hall–Kier alpha value is -1.87. The highest BCUT2D eigenvalue weighted by Gasteiger charge is 2.07. The van der Waals surface area contributed by atoms with E-state index < -0.39 is 0 Å². The zero-order chi connectivity index (χ0) is 11.2. The van der Waals surface area contributed by atoms with Crippen molar-refractivity contribution in [2.75, 3.05) is 0 Å². The maximum Gasteiger partial charge on any atom is 0.227 e. The van der Waals surface area contributed by atoms with Crippen molar-refractivity contribution in [1.29, 1.82) is 0 Å². The molecule has 1 N–H and O–H groups in total. The summed E-state index contributed by atoms with van der Waals surface area (Å²) in [5.41, 5.74) is 2.08. The van der Waals surface area contributed by atoms with Gasteiger partial charge in [0.15, 0.2) is 12.7 Å². The number of pyridine rings is 1. The summed E-state index contributed by atoms with van der Waals surface area (Å²) in [6, 6.07) is 15.9. The predicted octanol–water partition coefficient (Wildman–Crippen LogP) is -1.17. The summed E-state index contributed by atoms with van der Waals surface area (Å²) in [7, 11) is 0. The first-order chi connectivity index (χ1) is 7.90. The lowest BCUT2D eigenvalue weighted by atomic mass is 10.2. The van der Waals surface area contributed by atoms with Crippen molar-refractivity contribution in [1.82, 2.24) is 0 Å². The SMILES string of the molecule is O/N=C/c1cccc[n+]1Cc1ccccc1.[Cl-]. The van der Waals surface area contributed by atoms with E-state index in [9.17, 15) is 0 Å². The summed E-state index contributed by atoms with van der Waals surface area (Å²) in [6.07, 6.45) is 3.40. The molecule has 0 atom stereocenters. The van der Waals surface area contributed by atoms with Crippen molar-refractivity contribution in [3.8, 4) is 0 Å². The van der Waals surface area contributed by atoms with Crippen molar-refractivity contribution in [2.24, 2.45) is 5.16 Å². The topological polar surface area (TPSA) is 36.5 Å². The lowest BCUT2D eigenvalue weighted by Crippen LogP contribution is -3.00. The Morgan fingerprint density at radius 1 is 1.06 bits per heavy atom. The third kappa shape index (κ3) is 3.57. The van der Waals surface area contributed by atoms with E-state index in [1.54, 1.807) is 0 Å². The van der Waals surface area contributed by atoms with Gasteiger partial charge in [0.25, 0.3) is 0 Å². The molecule has 0 saturated carbocycles. The molecule has 0 unspecified atom stereocenters. The summed E-state index contributed by atoms with van der Waals surface area (Å²) in [5.74, 6) is 0. The van der Waals surface area contributed by atoms with E-state index in [0.29, 0.717) is 0 Å². The van der Waals surface area contributed by atoms with Gasteiger partial charge in [0.05, 0.1) is 0 Å². The Kier molecular flexibility index (Phi) is 5.17. The summed E-state index contributed by atoms with van der Waals surface area (Å²) < 4.78 is 2.02. The van der Waals surface area contributed by atoms with Gasteiger partial charge in [0, 0.05) is 17.7 Å². The van der Waals surface area contributed by atoms with Crippen molar-refractivity contribution < 1.29 is 22.2 Å². The van der Waals surface area contributed by atoms with Crippen molar-refractivity contribution in [2.45, 2.75) is 6.54 Å². The van der Waals surface area contributed by atoms with Gasteiger partial charge in [-0.25, -0.2) is 0 Å². The second kappa shape index (κ2) is 6.66. The van der Waals surface area contributed by atoms with E-state index in [2.05, 4.69) is 17.3 Å². The van der Waals surface area contributed by atoms with Crippen LogP contribution in [0.5, 0.6) is 0 Å². The molecule has 0 radical (unpaired) electrons. The number of halogens is 1. The number of nitrogens with zero attached hydrogens (tertiary/aromatic N) is 2. The lowest BCUT2D eigenvalue weighted by molar-refractivity contribution is -0.689. The van der Waals surface area contributed by atoms with Crippen LogP contribution in [0.1, 0.15) is 11.3 Å². The van der Waals surface area contributed by atoms with E-state index in [-0.39, 0.29) is 12.4 Å². The van der Waals surface area contributed by atoms with Gasteiger partial charge in [-0.3, -0.25) is 0 Å². The number of aromatic nitrogens is 1. The molecule has 0 aliphatic rings. The molecule has 1 aromatic heterocycles. The molecule has 4 heteroatoms. The Bertz CT molecular complexity index is 486. The first kappa shape index (κ1) is 13.2. The number of oxime groups is 1. The highest BCUT2D eigenvalue weighted by atomic mass is 35.5. The van der Waals surface area contributed by atoms with Crippen molar-refractivity contribution in [3.63, 3.8) is 0 Å². The third-order valence-electron chi connectivity index (χ3n) is 2.36. The largest absolute Gasteiger partial charge is 1.00 e. The summed E-state index contributed by atoms with van der Waals surface area (Å²) in [6.45, 7) is 0.767. The fourth-order valence-corrected chi connectivity index (χ4v) is 1.59. The van der Waals surface area contributed by atoms with Gasteiger partial charge in [-0.2, -0.15) is 4.57 Å². The van der Waals surface area contributed by atoms with Gasteiger partial charge in [0.1, 0.15) is 6.21 Å². The molecule has 0 fully saturated rings. The van der Waals surface area contributed by atoms with Gasteiger partial charge in [-0.1, -0.05) is 35.5 Å². The fourth-order valence-electron chi connectivity index (χ4n) is 1.59. The lowest BCUT2D eigenvalue weighted by Gasteiger charge is -1.99. The average Bonchev–Trinajstić information content (AvgIpc) is 2.33. The minimum absolute atomic E-state index is 0. The first-order valence-corrected chi connectivity index (χ1v) is 5.10. The zero-order valence-corrected chi connectivity index (χ0v) is 9.96. The second-order valence-electron chi connectivity index (χ2n) is 3.48. The van der Waals surface area contributed by atoms with Gasteiger partial charge in [-0.05, 0) is 6.07 Å². The molecule has 1 aromatic carbocycles. The number of rotatable bonds is 3. The molecule has 0 amide bonds. The van der Waals surface area contributed by atoms with Gasteiger partial charge in [0.2, 0.25) is 5.69 Å². The van der Waals surface area contributed by atoms with Crippen LogP contribution in [-0.2, 0) is 6.54 Å². The van der Waals surface area contributed by atoms with Crippen LogP contribution >= 0.6 is 0 Å². The van der Waals surface area contributed by atoms with Crippen LogP contribution in [0.4, 0.5) is 0 Å². The van der Waals surface area contributed by atoms with Crippen LogP contribution in [0, 0.1) is 0 Å². The van der Waals surface area contributed by atoms with Crippen LogP contribution in [0.2, 0.25) is 0 Å². The molecule has 1 heterocycles. The molecule has 2 aromatic rings. The maximum absolute atomic E-state index is 8.57. The van der Waals surface area contributed by atoms with Crippen LogP contribution in [0.25, 0.3) is 0 Å². The Labute approximate surface area is 106 Å². The molecule has 0 bridgehead atoms. The van der Waals surface area contributed by atoms with E-state index in [1.807, 2.05) is 47.2 Å². The van der Waals surface area contributed by atoms with Crippen LogP contribution in [0.3, 0.4) is 0 Å². The fraction of sp³-hybridized carbons (Fsp3) is 0.0769. The van der Waals surface area contributed by atoms with Crippen LogP contribution in [-0.4, -0.2) is 11.4 Å². The Morgan fingerprint density at radius 2 is 1.76 bits per heavy atom. The van der Waals surface area contributed by atoms with Crippen LogP contribution in [0.15, 0.2) is 59.9 Å². The summed E-state index contributed by atoms with van der Waals surface area (Å²) >= 11 is 0. The summed E-state index contributed by atoms with van der Waals surface area (Å²) in [5, 5.41) is 11.6. The molecule has 3 nitrogen and oxygen atoms in total. The Morgan fingerprint density at radius 3 is 2.47 bits per heavy atom. The molecule has 17 heavy (non-hydrogen) atoms. The van der Waals surface area contributed by atoms with E-state index in [4.69, 9.17) is 5.21 Å². The molecular weight excluding hydrogens is 236 g/mol. The average molecular weight is 249 g/mol. The molecular formula is C13H13ClN2O. The standard InChI is InChI=1S/C13H12N2O.ClH/c16-14-10-13-8-4-5-9-15(13)11-12-6-2-1-3-7-12;/h1-10H,11H2;1H. The highest BCUT2D eigenvalue weighted by molar-refractivity contribution is 5.74. The molecule has 0 spiro atoms. The number of hydrogen-bond acceptors (Lipinski definition) is 2. The quantitative estimate of drug-likeness (QED) is 0.316. The smallest absolute Gasteiger partial charge is 0.227 e. The molecule has 88 valence electrons.